The fourth-order valence-corrected chi connectivity index (χ4v) is 3.63. The number of carboxylic acid groups (broad SMARTS) is 1. The zero-order chi connectivity index (χ0) is 16.4. The second-order valence-corrected chi connectivity index (χ2v) is 7.13. The molecule has 1 N–H and O–H groups in total. The summed E-state index contributed by atoms with van der Waals surface area (Å²) >= 11 is 2.19. The lowest BCUT2D eigenvalue weighted by Gasteiger charge is -2.20. The molecule has 0 aromatic carbocycles. The molecule has 0 amide bonds. The first-order valence-corrected chi connectivity index (χ1v) is 9.38. The van der Waals surface area contributed by atoms with E-state index >= 15 is 0 Å². The Labute approximate surface area is 146 Å². The minimum atomic E-state index is -0.768. The standard InChI is InChI=1S/C17H27IO4/c1-2-3-4-5-6-9-13-15(19)12-14(18)17(13)22-11-8-7-10-16(20)21/h12-13,17H,2-11H2,1H3,(H,20,21)/t13-,17+/m0/s1. The van der Waals surface area contributed by atoms with Gasteiger partial charge in [0.25, 0.3) is 0 Å². The molecule has 0 aromatic rings. The van der Waals surface area contributed by atoms with Gasteiger partial charge in [0.15, 0.2) is 5.78 Å². The van der Waals surface area contributed by atoms with Crippen molar-refractivity contribution in [1.82, 2.24) is 0 Å². The van der Waals surface area contributed by atoms with Crippen LogP contribution in [0.3, 0.4) is 0 Å². The first-order valence-electron chi connectivity index (χ1n) is 8.30. The van der Waals surface area contributed by atoms with E-state index in [-0.39, 0.29) is 24.2 Å². The van der Waals surface area contributed by atoms with Crippen molar-refractivity contribution in [2.75, 3.05) is 6.61 Å². The molecule has 1 rings (SSSR count). The second-order valence-electron chi connectivity index (χ2n) is 5.88. The number of carboxylic acids is 1. The van der Waals surface area contributed by atoms with Crippen LogP contribution >= 0.6 is 22.6 Å². The molecule has 0 aliphatic heterocycles. The number of halogens is 1. The van der Waals surface area contributed by atoms with Gasteiger partial charge in [-0.15, -0.1) is 0 Å². The van der Waals surface area contributed by atoms with E-state index in [0.717, 1.165) is 22.8 Å². The Hall–Kier alpha value is -0.430. The van der Waals surface area contributed by atoms with Crippen molar-refractivity contribution in [2.45, 2.75) is 70.8 Å². The molecular weight excluding hydrogens is 395 g/mol. The van der Waals surface area contributed by atoms with Gasteiger partial charge in [-0.05, 0) is 47.9 Å². The summed E-state index contributed by atoms with van der Waals surface area (Å²) < 4.78 is 6.85. The molecule has 126 valence electrons. The highest BCUT2D eigenvalue weighted by molar-refractivity contribution is 14.1. The summed E-state index contributed by atoms with van der Waals surface area (Å²) in [4.78, 5) is 22.5. The molecule has 0 spiro atoms. The average molecular weight is 422 g/mol. The number of unbranched alkanes of at least 4 members (excludes halogenated alkanes) is 5. The normalized spacial score (nSPS) is 21.2. The van der Waals surface area contributed by atoms with Crippen LogP contribution in [0.25, 0.3) is 0 Å². The molecule has 1 aliphatic rings. The van der Waals surface area contributed by atoms with Gasteiger partial charge in [-0.3, -0.25) is 9.59 Å². The Morgan fingerprint density at radius 3 is 2.64 bits per heavy atom. The van der Waals surface area contributed by atoms with E-state index < -0.39 is 5.97 Å². The summed E-state index contributed by atoms with van der Waals surface area (Å²) in [5, 5.41) is 8.61. The van der Waals surface area contributed by atoms with Gasteiger partial charge in [-0.1, -0.05) is 39.0 Å². The molecule has 0 heterocycles. The number of ether oxygens (including phenoxy) is 1. The molecule has 0 fully saturated rings. The number of hydrogen-bond acceptors (Lipinski definition) is 3. The van der Waals surface area contributed by atoms with Crippen LogP contribution in [0.15, 0.2) is 9.66 Å². The van der Waals surface area contributed by atoms with Crippen molar-refractivity contribution in [3.8, 4) is 0 Å². The number of carbonyl (C=O) groups is 2. The summed E-state index contributed by atoms with van der Waals surface area (Å²) in [5.41, 5.74) is 0. The zero-order valence-electron chi connectivity index (χ0n) is 13.4. The summed E-state index contributed by atoms with van der Waals surface area (Å²) in [6, 6.07) is 0. The van der Waals surface area contributed by atoms with Crippen LogP contribution in [0, 0.1) is 5.92 Å². The van der Waals surface area contributed by atoms with E-state index in [9.17, 15) is 9.59 Å². The Kier molecular flexibility index (Phi) is 9.95. The fourth-order valence-electron chi connectivity index (χ4n) is 2.71. The van der Waals surface area contributed by atoms with Crippen LogP contribution in [0.1, 0.15) is 64.7 Å². The third-order valence-corrected chi connectivity index (χ3v) is 4.91. The summed E-state index contributed by atoms with van der Waals surface area (Å²) in [6.45, 7) is 2.72. The van der Waals surface area contributed by atoms with Crippen LogP contribution in [-0.2, 0) is 14.3 Å². The number of ketones is 1. The van der Waals surface area contributed by atoms with Crippen LogP contribution in [0.2, 0.25) is 0 Å². The van der Waals surface area contributed by atoms with E-state index in [1.165, 1.54) is 25.7 Å². The smallest absolute Gasteiger partial charge is 0.303 e. The summed E-state index contributed by atoms with van der Waals surface area (Å²) in [7, 11) is 0. The monoisotopic (exact) mass is 422 g/mol. The lowest BCUT2D eigenvalue weighted by molar-refractivity contribution is -0.137. The number of aliphatic carboxylic acids is 1. The largest absolute Gasteiger partial charge is 0.481 e. The number of hydrogen-bond donors (Lipinski definition) is 1. The third-order valence-electron chi connectivity index (χ3n) is 3.98. The fraction of sp³-hybridized carbons (Fsp3) is 0.765. The Morgan fingerprint density at radius 1 is 1.23 bits per heavy atom. The molecule has 0 aromatic heterocycles. The van der Waals surface area contributed by atoms with Crippen LogP contribution in [0.5, 0.6) is 0 Å². The lowest BCUT2D eigenvalue weighted by Crippen LogP contribution is -2.25. The van der Waals surface area contributed by atoms with Gasteiger partial charge in [0.1, 0.15) is 0 Å². The van der Waals surface area contributed by atoms with Crippen LogP contribution in [0.4, 0.5) is 0 Å². The van der Waals surface area contributed by atoms with Crippen molar-refractivity contribution >= 4 is 34.3 Å². The molecule has 0 radical (unpaired) electrons. The van der Waals surface area contributed by atoms with Gasteiger partial charge in [-0.2, -0.15) is 0 Å². The highest BCUT2D eigenvalue weighted by atomic mass is 127. The number of carbonyl (C=O) groups excluding carboxylic acids is 1. The highest BCUT2D eigenvalue weighted by Crippen LogP contribution is 2.33. The second kappa shape index (κ2) is 11.2. The molecule has 1 aliphatic carbocycles. The van der Waals surface area contributed by atoms with Gasteiger partial charge in [-0.25, -0.2) is 0 Å². The Balaban J connectivity index is 2.29. The maximum atomic E-state index is 12.1. The maximum Gasteiger partial charge on any atom is 0.303 e. The van der Waals surface area contributed by atoms with Crippen molar-refractivity contribution in [3.05, 3.63) is 9.66 Å². The highest BCUT2D eigenvalue weighted by Gasteiger charge is 2.35. The molecule has 0 bridgehead atoms. The number of rotatable bonds is 12. The molecule has 0 saturated carbocycles. The third kappa shape index (κ3) is 7.22. The summed E-state index contributed by atoms with van der Waals surface area (Å²) in [5.74, 6) is -0.612. The first kappa shape index (κ1) is 19.6. The van der Waals surface area contributed by atoms with Crippen molar-refractivity contribution in [3.63, 3.8) is 0 Å². The van der Waals surface area contributed by atoms with E-state index in [0.29, 0.717) is 13.0 Å². The zero-order valence-corrected chi connectivity index (χ0v) is 15.5. The number of allylic oxidation sites excluding steroid dienone is 1. The van der Waals surface area contributed by atoms with Gasteiger partial charge in [0, 0.05) is 16.6 Å². The van der Waals surface area contributed by atoms with E-state index in [1.54, 1.807) is 6.08 Å². The lowest BCUT2D eigenvalue weighted by atomic mass is 9.95. The topological polar surface area (TPSA) is 63.6 Å². The maximum absolute atomic E-state index is 12.1. The molecule has 5 heteroatoms. The predicted octanol–water partition coefficient (Wildman–Crippen LogP) is 4.50. The molecular formula is C17H27IO4. The minimum Gasteiger partial charge on any atom is -0.481 e. The predicted molar refractivity (Wildman–Crippen MR) is 95.2 cm³/mol. The Morgan fingerprint density at radius 2 is 1.95 bits per heavy atom. The van der Waals surface area contributed by atoms with E-state index in [1.807, 2.05) is 0 Å². The molecule has 4 nitrogen and oxygen atoms in total. The van der Waals surface area contributed by atoms with Crippen LogP contribution < -0.4 is 0 Å². The van der Waals surface area contributed by atoms with Gasteiger partial charge >= 0.3 is 5.97 Å². The summed E-state index contributed by atoms with van der Waals surface area (Å²) in [6.07, 6.45) is 10.0. The quantitative estimate of drug-likeness (QED) is 0.372. The molecule has 0 saturated heterocycles. The van der Waals surface area contributed by atoms with Gasteiger partial charge in [0.2, 0.25) is 0 Å². The van der Waals surface area contributed by atoms with E-state index in [4.69, 9.17) is 9.84 Å². The molecule has 0 unspecified atom stereocenters. The molecule has 2 atom stereocenters. The van der Waals surface area contributed by atoms with Gasteiger partial charge < -0.3 is 9.84 Å². The van der Waals surface area contributed by atoms with Crippen molar-refractivity contribution < 1.29 is 19.4 Å². The van der Waals surface area contributed by atoms with Crippen molar-refractivity contribution in [2.24, 2.45) is 5.92 Å². The first-order chi connectivity index (χ1) is 10.6. The van der Waals surface area contributed by atoms with Crippen molar-refractivity contribution in [1.29, 1.82) is 0 Å². The van der Waals surface area contributed by atoms with E-state index in [2.05, 4.69) is 29.5 Å². The molecule has 22 heavy (non-hydrogen) atoms. The minimum absolute atomic E-state index is 0.0343. The average Bonchev–Trinajstić information content (AvgIpc) is 2.72. The Bertz CT molecular complexity index is 392. The SMILES string of the molecule is CCCCCCC[C@H]1C(=O)C=C(I)[C@@H]1OCCCCC(=O)O. The van der Waals surface area contributed by atoms with Crippen LogP contribution in [-0.4, -0.2) is 29.6 Å². The van der Waals surface area contributed by atoms with Gasteiger partial charge in [0.05, 0.1) is 12.0 Å².